The van der Waals surface area contributed by atoms with Crippen LogP contribution in [0.1, 0.15) is 32.0 Å². The molecule has 1 aliphatic heterocycles. The number of hydrogen-bond donors (Lipinski definition) is 2. The van der Waals surface area contributed by atoms with Crippen LogP contribution in [0, 0.1) is 0 Å². The van der Waals surface area contributed by atoms with Gasteiger partial charge in [-0.3, -0.25) is 9.88 Å². The van der Waals surface area contributed by atoms with E-state index in [4.69, 9.17) is 14.5 Å². The number of nitrogens with one attached hydrogen (secondary N) is 2. The molecule has 0 unspecified atom stereocenters. The zero-order chi connectivity index (χ0) is 27.4. The molecule has 4 aromatic rings. The summed E-state index contributed by atoms with van der Waals surface area (Å²) < 4.78 is 10.9. The first-order valence-corrected chi connectivity index (χ1v) is 13.4. The largest absolute Gasteiger partial charge is 0.495 e. The zero-order valence-corrected chi connectivity index (χ0v) is 23.1. The van der Waals surface area contributed by atoms with Crippen molar-refractivity contribution in [2.75, 3.05) is 44.0 Å². The maximum atomic E-state index is 13.1. The Morgan fingerprint density at radius 3 is 2.38 bits per heavy atom. The Morgan fingerprint density at radius 1 is 0.949 bits per heavy atom. The number of aromatic nitrogens is 1. The van der Waals surface area contributed by atoms with E-state index < -0.39 is 0 Å². The van der Waals surface area contributed by atoms with Crippen LogP contribution in [0.2, 0.25) is 0 Å². The van der Waals surface area contributed by atoms with Crippen LogP contribution in [0.5, 0.6) is 5.75 Å². The maximum absolute atomic E-state index is 13.1. The summed E-state index contributed by atoms with van der Waals surface area (Å²) in [6.07, 6.45) is 1.94. The number of hydrogen-bond acceptors (Lipinski definition) is 5. The molecule has 7 nitrogen and oxygen atoms in total. The number of benzene rings is 3. The highest BCUT2D eigenvalue weighted by atomic mass is 16.5. The van der Waals surface area contributed by atoms with E-state index in [2.05, 4.69) is 54.5 Å². The number of methoxy groups -OCH3 is 1. The lowest BCUT2D eigenvalue weighted by Gasteiger charge is -2.26. The summed E-state index contributed by atoms with van der Waals surface area (Å²) in [5, 5.41) is 8.02. The molecule has 2 N–H and O–H groups in total. The van der Waals surface area contributed by atoms with Crippen LogP contribution in [0.15, 0.2) is 72.9 Å². The smallest absolute Gasteiger partial charge is 0.323 e. The van der Waals surface area contributed by atoms with Crippen molar-refractivity contribution in [3.63, 3.8) is 0 Å². The van der Waals surface area contributed by atoms with Crippen LogP contribution in [0.4, 0.5) is 16.2 Å². The van der Waals surface area contributed by atoms with Gasteiger partial charge in [0.2, 0.25) is 0 Å². The van der Waals surface area contributed by atoms with Gasteiger partial charge in [-0.2, -0.15) is 0 Å². The number of morpholine rings is 1. The molecule has 0 saturated carbocycles. The second kappa shape index (κ2) is 11.4. The minimum Gasteiger partial charge on any atom is -0.495 e. The highest BCUT2D eigenvalue weighted by Crippen LogP contribution is 2.34. The average molecular weight is 525 g/mol. The van der Waals surface area contributed by atoms with Crippen LogP contribution in [-0.4, -0.2) is 49.3 Å². The average Bonchev–Trinajstić information content (AvgIpc) is 2.94. The second-order valence-electron chi connectivity index (χ2n) is 10.9. The molecule has 0 aliphatic carbocycles. The molecule has 1 saturated heterocycles. The zero-order valence-electron chi connectivity index (χ0n) is 23.1. The number of anilines is 2. The first kappa shape index (κ1) is 26.7. The fourth-order valence-electron chi connectivity index (χ4n) is 4.87. The number of carbonyl (C=O) groups is 1. The number of pyridine rings is 1. The fraction of sp³-hybridized carbons (Fsp3) is 0.312. The Balaban J connectivity index is 1.36. The molecular formula is C32H36N4O3. The predicted molar refractivity (Wildman–Crippen MR) is 158 cm³/mol. The van der Waals surface area contributed by atoms with Crippen molar-refractivity contribution < 1.29 is 14.3 Å². The first-order valence-electron chi connectivity index (χ1n) is 13.4. The van der Waals surface area contributed by atoms with E-state index in [-0.39, 0.29) is 11.4 Å². The van der Waals surface area contributed by atoms with Gasteiger partial charge in [0.15, 0.2) is 0 Å². The van der Waals surface area contributed by atoms with Crippen LogP contribution in [0.25, 0.3) is 21.9 Å². The van der Waals surface area contributed by atoms with E-state index in [1.54, 1.807) is 7.11 Å². The fourth-order valence-corrected chi connectivity index (χ4v) is 4.87. The molecule has 1 aromatic heterocycles. The number of rotatable bonds is 6. The van der Waals surface area contributed by atoms with Crippen LogP contribution >= 0.6 is 0 Å². The number of fused-ring (bicyclic) bond motifs is 1. The third-order valence-corrected chi connectivity index (χ3v) is 7.11. The molecule has 0 bridgehead atoms. The molecule has 2 amide bonds. The SMILES string of the molecule is COc1ccc(C(C)(C)C)cc1NC(=O)Nc1ccc(-c2ccc(CN3CCOCC3)nc2)c2ccccc12. The molecule has 39 heavy (non-hydrogen) atoms. The molecule has 7 heteroatoms. The predicted octanol–water partition coefficient (Wildman–Crippen LogP) is 6.68. The first-order chi connectivity index (χ1) is 18.8. The second-order valence-corrected chi connectivity index (χ2v) is 10.9. The Morgan fingerprint density at radius 2 is 1.69 bits per heavy atom. The van der Waals surface area contributed by atoms with Gasteiger partial charge in [0, 0.05) is 36.8 Å². The monoisotopic (exact) mass is 524 g/mol. The number of urea groups is 1. The highest BCUT2D eigenvalue weighted by molar-refractivity contribution is 6.10. The quantitative estimate of drug-likeness (QED) is 0.294. The summed E-state index contributed by atoms with van der Waals surface area (Å²) >= 11 is 0. The summed E-state index contributed by atoms with van der Waals surface area (Å²) in [5.74, 6) is 0.614. The van der Waals surface area contributed by atoms with E-state index in [9.17, 15) is 4.79 Å². The topological polar surface area (TPSA) is 75.7 Å². The standard InChI is InChI=1S/C32H36N4O3/c1-32(2,3)23-10-14-30(38-4)29(19-23)35-31(37)34-28-13-12-25(26-7-5-6-8-27(26)28)22-9-11-24(33-20-22)21-36-15-17-39-18-16-36/h5-14,19-20H,15-18,21H2,1-4H3,(H2,34,35,37). The molecule has 0 radical (unpaired) electrons. The third-order valence-electron chi connectivity index (χ3n) is 7.11. The molecule has 3 aromatic carbocycles. The van der Waals surface area contributed by atoms with E-state index in [0.29, 0.717) is 11.4 Å². The highest BCUT2D eigenvalue weighted by Gasteiger charge is 2.18. The number of nitrogens with zero attached hydrogens (tertiary/aromatic N) is 2. The molecule has 2 heterocycles. The normalized spacial score (nSPS) is 14.3. The number of amides is 2. The van der Waals surface area contributed by atoms with Crippen LogP contribution in [0.3, 0.4) is 0 Å². The molecule has 202 valence electrons. The van der Waals surface area contributed by atoms with E-state index in [1.165, 1.54) is 0 Å². The van der Waals surface area contributed by atoms with Gasteiger partial charge in [0.1, 0.15) is 5.75 Å². The van der Waals surface area contributed by atoms with Crippen molar-refractivity contribution in [3.05, 3.63) is 84.2 Å². The Labute approximate surface area is 230 Å². The van der Waals surface area contributed by atoms with Crippen molar-refractivity contribution in [2.45, 2.75) is 32.7 Å². The van der Waals surface area contributed by atoms with E-state index in [1.807, 2.05) is 54.7 Å². The minimum atomic E-state index is -0.327. The Kier molecular flexibility index (Phi) is 7.82. The number of carbonyl (C=O) groups excluding carboxylic acids is 1. The van der Waals surface area contributed by atoms with Crippen LogP contribution in [-0.2, 0) is 16.7 Å². The van der Waals surface area contributed by atoms with Gasteiger partial charge in [-0.25, -0.2) is 4.79 Å². The van der Waals surface area contributed by atoms with Gasteiger partial charge in [-0.05, 0) is 46.2 Å². The lowest BCUT2D eigenvalue weighted by atomic mass is 9.87. The maximum Gasteiger partial charge on any atom is 0.323 e. The van der Waals surface area contributed by atoms with Crippen molar-refractivity contribution in [1.29, 1.82) is 0 Å². The van der Waals surface area contributed by atoms with Crippen molar-refractivity contribution in [3.8, 4) is 16.9 Å². The van der Waals surface area contributed by atoms with Gasteiger partial charge < -0.3 is 20.1 Å². The summed E-state index contributed by atoms with van der Waals surface area (Å²) in [5.41, 5.74) is 5.57. The lowest BCUT2D eigenvalue weighted by Crippen LogP contribution is -2.35. The van der Waals surface area contributed by atoms with E-state index in [0.717, 1.165) is 71.7 Å². The number of ether oxygens (including phenoxy) is 2. The summed E-state index contributed by atoms with van der Waals surface area (Å²) in [6.45, 7) is 10.7. The summed E-state index contributed by atoms with van der Waals surface area (Å²) in [6, 6.07) is 21.9. The third kappa shape index (κ3) is 6.21. The molecule has 0 spiro atoms. The van der Waals surface area contributed by atoms with Crippen molar-refractivity contribution >= 4 is 28.2 Å². The Hall–Kier alpha value is -3.94. The summed E-state index contributed by atoms with van der Waals surface area (Å²) in [4.78, 5) is 20.2. The molecular weight excluding hydrogens is 488 g/mol. The van der Waals surface area contributed by atoms with Gasteiger partial charge >= 0.3 is 6.03 Å². The minimum absolute atomic E-state index is 0.0548. The van der Waals surface area contributed by atoms with Gasteiger partial charge in [0.25, 0.3) is 0 Å². The molecule has 5 rings (SSSR count). The lowest BCUT2D eigenvalue weighted by molar-refractivity contribution is 0.0336. The van der Waals surface area contributed by atoms with Crippen LogP contribution < -0.4 is 15.4 Å². The van der Waals surface area contributed by atoms with Crippen molar-refractivity contribution in [1.82, 2.24) is 9.88 Å². The Bertz CT molecular complexity index is 1460. The molecule has 0 atom stereocenters. The molecule has 1 aliphatic rings. The van der Waals surface area contributed by atoms with Crippen molar-refractivity contribution in [2.24, 2.45) is 0 Å². The van der Waals surface area contributed by atoms with Gasteiger partial charge in [-0.15, -0.1) is 0 Å². The summed E-state index contributed by atoms with van der Waals surface area (Å²) in [7, 11) is 1.60. The van der Waals surface area contributed by atoms with Gasteiger partial charge in [0.05, 0.1) is 37.4 Å². The van der Waals surface area contributed by atoms with E-state index >= 15 is 0 Å². The molecule has 1 fully saturated rings. The van der Waals surface area contributed by atoms with Gasteiger partial charge in [-0.1, -0.05) is 63.2 Å².